The van der Waals surface area contributed by atoms with Gasteiger partial charge in [-0.1, -0.05) is 6.07 Å². The summed E-state index contributed by atoms with van der Waals surface area (Å²) in [5, 5.41) is 5.09. The molecule has 6 nitrogen and oxygen atoms in total. The van der Waals surface area contributed by atoms with E-state index in [0.717, 1.165) is 0 Å². The number of benzene rings is 1. The number of carbonyl (C=O) groups excluding carboxylic acids is 1. The van der Waals surface area contributed by atoms with Gasteiger partial charge in [0.25, 0.3) is 0 Å². The number of primary sulfonamides is 1. The van der Waals surface area contributed by atoms with Crippen molar-refractivity contribution in [1.82, 2.24) is 0 Å². The average Bonchev–Trinajstić information content (AvgIpc) is 2.25. The van der Waals surface area contributed by atoms with Gasteiger partial charge in [0.15, 0.2) is 0 Å². The van der Waals surface area contributed by atoms with Gasteiger partial charge in [-0.15, -0.1) is 0 Å². The van der Waals surface area contributed by atoms with Gasteiger partial charge in [0.2, 0.25) is 10.0 Å². The molecule has 0 bridgehead atoms. The standard InChI is InChI=1S/C11H15NO5S/c1-7(2)17-11(13)8-5-4-6-9(16-3)10(8)18(12,14)15/h4-7H,1-3H3,(H2,12,14,15). The highest BCUT2D eigenvalue weighted by Crippen LogP contribution is 2.27. The summed E-state index contributed by atoms with van der Waals surface area (Å²) in [6.07, 6.45) is -0.364. The van der Waals surface area contributed by atoms with E-state index < -0.39 is 16.0 Å². The Morgan fingerprint density at radius 1 is 1.33 bits per heavy atom. The maximum Gasteiger partial charge on any atom is 0.339 e. The van der Waals surface area contributed by atoms with Crippen LogP contribution in [0, 0.1) is 0 Å². The van der Waals surface area contributed by atoms with Crippen molar-refractivity contribution in [2.24, 2.45) is 5.14 Å². The summed E-state index contributed by atoms with van der Waals surface area (Å²) in [5.41, 5.74) is -0.134. The van der Waals surface area contributed by atoms with Crippen LogP contribution in [0.15, 0.2) is 23.1 Å². The first-order valence-corrected chi connectivity index (χ1v) is 6.72. The van der Waals surface area contributed by atoms with E-state index in [4.69, 9.17) is 14.6 Å². The number of esters is 1. The lowest BCUT2D eigenvalue weighted by Gasteiger charge is -2.13. The number of ether oxygens (including phenoxy) is 2. The summed E-state index contributed by atoms with van der Waals surface area (Å²) in [6.45, 7) is 3.32. The molecule has 0 amide bonds. The van der Waals surface area contributed by atoms with Gasteiger partial charge in [0, 0.05) is 0 Å². The molecule has 1 rings (SSSR count). The number of nitrogens with two attached hydrogens (primary N) is 1. The van der Waals surface area contributed by atoms with Crippen molar-refractivity contribution in [2.75, 3.05) is 7.11 Å². The molecule has 7 heteroatoms. The van der Waals surface area contributed by atoms with E-state index in [9.17, 15) is 13.2 Å². The molecule has 0 saturated heterocycles. The average molecular weight is 273 g/mol. The van der Waals surface area contributed by atoms with Crippen LogP contribution in [0.3, 0.4) is 0 Å². The first-order chi connectivity index (χ1) is 8.27. The van der Waals surface area contributed by atoms with Crippen molar-refractivity contribution < 1.29 is 22.7 Å². The highest BCUT2D eigenvalue weighted by Gasteiger charge is 2.25. The number of carbonyl (C=O) groups is 1. The van der Waals surface area contributed by atoms with Crippen molar-refractivity contribution in [2.45, 2.75) is 24.8 Å². The summed E-state index contributed by atoms with van der Waals surface area (Å²) < 4.78 is 32.9. The topological polar surface area (TPSA) is 95.7 Å². The minimum atomic E-state index is -4.08. The Morgan fingerprint density at radius 2 is 1.94 bits per heavy atom. The van der Waals surface area contributed by atoms with Gasteiger partial charge in [0.05, 0.1) is 18.8 Å². The van der Waals surface area contributed by atoms with Crippen LogP contribution in [0.1, 0.15) is 24.2 Å². The normalized spacial score (nSPS) is 11.4. The summed E-state index contributed by atoms with van der Waals surface area (Å²) >= 11 is 0. The van der Waals surface area contributed by atoms with Gasteiger partial charge in [-0.25, -0.2) is 18.4 Å². The van der Waals surface area contributed by atoms with Gasteiger partial charge in [0.1, 0.15) is 10.6 Å². The van der Waals surface area contributed by atoms with E-state index >= 15 is 0 Å². The van der Waals surface area contributed by atoms with E-state index in [2.05, 4.69) is 0 Å². The second-order valence-electron chi connectivity index (χ2n) is 3.84. The van der Waals surface area contributed by atoms with Crippen LogP contribution in [0.2, 0.25) is 0 Å². The highest BCUT2D eigenvalue weighted by molar-refractivity contribution is 7.89. The number of sulfonamides is 1. The maximum absolute atomic E-state index is 11.8. The van der Waals surface area contributed by atoms with Gasteiger partial charge in [-0.2, -0.15) is 0 Å². The molecule has 0 saturated carbocycles. The van der Waals surface area contributed by atoms with Crippen LogP contribution in [-0.4, -0.2) is 27.6 Å². The van der Waals surface area contributed by atoms with Crippen molar-refractivity contribution in [1.29, 1.82) is 0 Å². The SMILES string of the molecule is COc1cccc(C(=O)OC(C)C)c1S(N)(=O)=O. The molecule has 0 atom stereocenters. The Labute approximate surface area is 106 Å². The summed E-state index contributed by atoms with van der Waals surface area (Å²) in [6, 6.07) is 4.23. The molecule has 0 heterocycles. The first-order valence-electron chi connectivity index (χ1n) is 5.18. The third-order valence-corrected chi connectivity index (χ3v) is 3.04. The fraction of sp³-hybridized carbons (Fsp3) is 0.364. The van der Waals surface area contributed by atoms with Gasteiger partial charge < -0.3 is 9.47 Å². The molecular formula is C11H15NO5S. The minimum absolute atomic E-state index is 0.00991. The number of hydrogen-bond acceptors (Lipinski definition) is 5. The molecule has 1 aromatic rings. The van der Waals surface area contributed by atoms with Gasteiger partial charge in [-0.3, -0.25) is 0 Å². The Hall–Kier alpha value is -1.60. The zero-order valence-corrected chi connectivity index (χ0v) is 11.2. The molecule has 0 aliphatic heterocycles. The third-order valence-electron chi connectivity index (χ3n) is 2.05. The molecular weight excluding hydrogens is 258 g/mol. The molecule has 0 aliphatic carbocycles. The lowest BCUT2D eigenvalue weighted by molar-refractivity contribution is 0.0372. The number of rotatable bonds is 4. The third kappa shape index (κ3) is 3.21. The summed E-state index contributed by atoms with van der Waals surface area (Å²) in [5.74, 6) is -0.747. The van der Waals surface area contributed by atoms with Crippen molar-refractivity contribution in [3.63, 3.8) is 0 Å². The second kappa shape index (κ2) is 5.36. The molecule has 0 spiro atoms. The van der Waals surface area contributed by atoms with E-state index in [0.29, 0.717) is 0 Å². The van der Waals surface area contributed by atoms with E-state index in [1.807, 2.05) is 0 Å². The fourth-order valence-corrected chi connectivity index (χ4v) is 2.30. The summed E-state index contributed by atoms with van der Waals surface area (Å²) in [7, 11) is -2.79. The number of hydrogen-bond donors (Lipinski definition) is 1. The molecule has 0 unspecified atom stereocenters. The van der Waals surface area contributed by atoms with Crippen LogP contribution in [-0.2, 0) is 14.8 Å². The zero-order chi connectivity index (χ0) is 13.9. The van der Waals surface area contributed by atoms with Gasteiger partial charge in [-0.05, 0) is 26.0 Å². The number of methoxy groups -OCH3 is 1. The predicted molar refractivity (Wildman–Crippen MR) is 64.9 cm³/mol. The second-order valence-corrected chi connectivity index (χ2v) is 5.33. The molecule has 0 aliphatic rings. The van der Waals surface area contributed by atoms with Crippen LogP contribution in [0.5, 0.6) is 5.75 Å². The molecule has 100 valence electrons. The van der Waals surface area contributed by atoms with E-state index in [1.54, 1.807) is 13.8 Å². The van der Waals surface area contributed by atoms with E-state index in [-0.39, 0.29) is 22.3 Å². The van der Waals surface area contributed by atoms with E-state index in [1.165, 1.54) is 25.3 Å². The lowest BCUT2D eigenvalue weighted by Crippen LogP contribution is -2.20. The van der Waals surface area contributed by atoms with Crippen molar-refractivity contribution >= 4 is 16.0 Å². The zero-order valence-electron chi connectivity index (χ0n) is 10.3. The minimum Gasteiger partial charge on any atom is -0.495 e. The monoisotopic (exact) mass is 273 g/mol. The van der Waals surface area contributed by atoms with Crippen LogP contribution >= 0.6 is 0 Å². The molecule has 0 aromatic heterocycles. The first kappa shape index (κ1) is 14.5. The maximum atomic E-state index is 11.8. The van der Waals surface area contributed by atoms with Crippen LogP contribution in [0.4, 0.5) is 0 Å². The predicted octanol–water partition coefficient (Wildman–Crippen LogP) is 0.908. The molecule has 0 radical (unpaired) electrons. The smallest absolute Gasteiger partial charge is 0.339 e. The lowest BCUT2D eigenvalue weighted by atomic mass is 10.2. The highest BCUT2D eigenvalue weighted by atomic mass is 32.2. The van der Waals surface area contributed by atoms with Crippen molar-refractivity contribution in [3.05, 3.63) is 23.8 Å². The van der Waals surface area contributed by atoms with Crippen LogP contribution < -0.4 is 9.88 Å². The Kier molecular flexibility index (Phi) is 4.31. The Balaban J connectivity index is 3.41. The van der Waals surface area contributed by atoms with Crippen molar-refractivity contribution in [3.8, 4) is 5.75 Å². The summed E-state index contributed by atoms with van der Waals surface area (Å²) in [4.78, 5) is 11.4. The Morgan fingerprint density at radius 3 is 2.39 bits per heavy atom. The molecule has 2 N–H and O–H groups in total. The largest absolute Gasteiger partial charge is 0.495 e. The quantitative estimate of drug-likeness (QED) is 0.822. The fourth-order valence-electron chi connectivity index (χ4n) is 1.41. The molecule has 18 heavy (non-hydrogen) atoms. The molecule has 1 aromatic carbocycles. The Bertz CT molecular complexity index is 551. The van der Waals surface area contributed by atoms with Crippen LogP contribution in [0.25, 0.3) is 0 Å². The molecule has 0 fully saturated rings. The van der Waals surface area contributed by atoms with Gasteiger partial charge >= 0.3 is 5.97 Å².